The second-order valence-corrected chi connectivity index (χ2v) is 9.02. The van der Waals surface area contributed by atoms with Crippen LogP contribution in [0.4, 0.5) is 0 Å². The van der Waals surface area contributed by atoms with E-state index in [0.717, 1.165) is 19.3 Å². The summed E-state index contributed by atoms with van der Waals surface area (Å²) in [5, 5.41) is 2.72. The van der Waals surface area contributed by atoms with Gasteiger partial charge in [0.1, 0.15) is 15.9 Å². The fraction of sp³-hybridized carbons (Fsp3) is 0.867. The van der Waals surface area contributed by atoms with Crippen LogP contribution in [-0.2, 0) is 19.4 Å². The first-order valence-electron chi connectivity index (χ1n) is 8.03. The Morgan fingerprint density at radius 2 is 1.70 bits per heavy atom. The van der Waals surface area contributed by atoms with Crippen molar-refractivity contribution in [2.24, 2.45) is 5.92 Å². The number of carbonyl (C=O) groups excluding carboxylic acids is 2. The van der Waals surface area contributed by atoms with E-state index in [4.69, 9.17) is 0 Å². The van der Waals surface area contributed by atoms with Crippen LogP contribution in [0.25, 0.3) is 0 Å². The summed E-state index contributed by atoms with van der Waals surface area (Å²) in [6.45, 7) is 6.94. The smallest absolute Gasteiger partial charge is 0.245 e. The monoisotopic (exact) mass is 347 g/mol. The summed E-state index contributed by atoms with van der Waals surface area (Å²) in [5.74, 6) is -0.398. The Balaban J connectivity index is 2.64. The summed E-state index contributed by atoms with van der Waals surface area (Å²) >= 11 is 0. The molecule has 1 saturated heterocycles. The lowest BCUT2D eigenvalue weighted by Crippen LogP contribution is -2.54. The van der Waals surface area contributed by atoms with Crippen LogP contribution in [0.5, 0.6) is 0 Å². The van der Waals surface area contributed by atoms with Gasteiger partial charge in [0.2, 0.25) is 11.8 Å². The van der Waals surface area contributed by atoms with E-state index in [9.17, 15) is 18.0 Å². The Bertz CT molecular complexity index is 511. The van der Waals surface area contributed by atoms with Crippen LogP contribution in [0.3, 0.4) is 0 Å². The number of nitrogens with zero attached hydrogens (tertiary/aromatic N) is 2. The van der Waals surface area contributed by atoms with Gasteiger partial charge in [-0.2, -0.15) is 0 Å². The zero-order chi connectivity index (χ0) is 17.6. The molecule has 1 fully saturated rings. The molecule has 8 heteroatoms. The normalized spacial score (nSPS) is 18.0. The van der Waals surface area contributed by atoms with Gasteiger partial charge in [-0.25, -0.2) is 8.42 Å². The van der Waals surface area contributed by atoms with Gasteiger partial charge in [-0.3, -0.25) is 9.59 Å². The maximum atomic E-state index is 12.7. The van der Waals surface area contributed by atoms with Crippen molar-refractivity contribution in [3.8, 4) is 0 Å². The van der Waals surface area contributed by atoms with Gasteiger partial charge in [-0.15, -0.1) is 0 Å². The van der Waals surface area contributed by atoms with Crippen molar-refractivity contribution in [2.75, 3.05) is 45.2 Å². The van der Waals surface area contributed by atoms with E-state index in [2.05, 4.69) is 10.2 Å². The molecule has 0 spiro atoms. The third kappa shape index (κ3) is 7.78. The van der Waals surface area contributed by atoms with E-state index in [1.807, 2.05) is 20.9 Å². The predicted molar refractivity (Wildman–Crippen MR) is 89.8 cm³/mol. The molecule has 7 nitrogen and oxygen atoms in total. The molecule has 0 saturated carbocycles. The fourth-order valence-electron chi connectivity index (χ4n) is 2.48. The second kappa shape index (κ2) is 8.63. The molecule has 1 heterocycles. The van der Waals surface area contributed by atoms with Gasteiger partial charge in [-0.1, -0.05) is 13.8 Å². The summed E-state index contributed by atoms with van der Waals surface area (Å²) < 4.78 is 22.3. The van der Waals surface area contributed by atoms with Crippen molar-refractivity contribution in [1.82, 2.24) is 15.1 Å². The van der Waals surface area contributed by atoms with Crippen LogP contribution in [0.15, 0.2) is 0 Å². The van der Waals surface area contributed by atoms with Crippen LogP contribution < -0.4 is 5.32 Å². The topological polar surface area (TPSA) is 86.8 Å². The molecule has 1 atom stereocenters. The van der Waals surface area contributed by atoms with E-state index < -0.39 is 15.9 Å². The molecule has 1 aliphatic rings. The van der Waals surface area contributed by atoms with E-state index in [-0.39, 0.29) is 29.9 Å². The van der Waals surface area contributed by atoms with Gasteiger partial charge in [0.15, 0.2) is 0 Å². The minimum absolute atomic E-state index is 0.0699. The van der Waals surface area contributed by atoms with Gasteiger partial charge in [0, 0.05) is 38.9 Å². The lowest BCUT2D eigenvalue weighted by Gasteiger charge is -2.35. The first-order chi connectivity index (χ1) is 10.6. The van der Waals surface area contributed by atoms with Crippen LogP contribution in [-0.4, -0.2) is 81.3 Å². The molecule has 0 aromatic carbocycles. The number of hydrogen-bond donors (Lipinski definition) is 1. The molecule has 23 heavy (non-hydrogen) atoms. The molecule has 0 aromatic rings. The Morgan fingerprint density at radius 3 is 2.17 bits per heavy atom. The molecule has 1 N–H and O–H groups in total. The highest BCUT2D eigenvalue weighted by Crippen LogP contribution is 2.10. The summed E-state index contributed by atoms with van der Waals surface area (Å²) in [6, 6.07) is -0.578. The van der Waals surface area contributed by atoms with E-state index >= 15 is 0 Å². The molecule has 2 amide bonds. The molecule has 1 rings (SSSR count). The Morgan fingerprint density at radius 1 is 1.13 bits per heavy atom. The largest absolute Gasteiger partial charge is 0.344 e. The highest BCUT2D eigenvalue weighted by Gasteiger charge is 2.28. The third-order valence-corrected chi connectivity index (χ3v) is 4.80. The quantitative estimate of drug-likeness (QED) is 0.685. The van der Waals surface area contributed by atoms with Gasteiger partial charge >= 0.3 is 0 Å². The zero-order valence-corrected chi connectivity index (χ0v) is 15.4. The molecule has 1 aliphatic heterocycles. The lowest BCUT2D eigenvalue weighted by atomic mass is 10.0. The van der Waals surface area contributed by atoms with Crippen LogP contribution in [0.1, 0.15) is 26.7 Å². The standard InChI is InChI=1S/C15H29N3O4S/c1-12(2)11-13(16-14(19)5-10-23(4,21)22)15(20)18-8-6-17(3)7-9-18/h12-13H,5-11H2,1-4H3,(H,16,19). The van der Waals surface area contributed by atoms with Crippen LogP contribution >= 0.6 is 0 Å². The fourth-order valence-corrected chi connectivity index (χ4v) is 3.04. The highest BCUT2D eigenvalue weighted by molar-refractivity contribution is 7.90. The minimum atomic E-state index is -3.19. The molecule has 0 aliphatic carbocycles. The van der Waals surface area contributed by atoms with Crippen molar-refractivity contribution in [1.29, 1.82) is 0 Å². The average molecular weight is 347 g/mol. The van der Waals surface area contributed by atoms with Crippen LogP contribution in [0, 0.1) is 5.92 Å². The van der Waals surface area contributed by atoms with Crippen molar-refractivity contribution in [3.05, 3.63) is 0 Å². The van der Waals surface area contributed by atoms with Crippen LogP contribution in [0.2, 0.25) is 0 Å². The summed E-state index contributed by atoms with van der Waals surface area (Å²) in [6.07, 6.45) is 1.54. The maximum Gasteiger partial charge on any atom is 0.245 e. The van der Waals surface area contributed by atoms with E-state index in [1.54, 1.807) is 4.90 Å². The molecule has 0 bridgehead atoms. The van der Waals surface area contributed by atoms with Gasteiger partial charge in [-0.05, 0) is 19.4 Å². The number of sulfone groups is 1. The SMILES string of the molecule is CC(C)CC(NC(=O)CCS(C)(=O)=O)C(=O)N1CCN(C)CC1. The Hall–Kier alpha value is -1.15. The average Bonchev–Trinajstić information content (AvgIpc) is 2.43. The second-order valence-electron chi connectivity index (χ2n) is 6.76. The van der Waals surface area contributed by atoms with Gasteiger partial charge in [0.05, 0.1) is 5.75 Å². The molecule has 0 radical (unpaired) electrons. The number of rotatable bonds is 7. The lowest BCUT2D eigenvalue weighted by molar-refractivity contribution is -0.138. The van der Waals surface area contributed by atoms with Gasteiger partial charge < -0.3 is 15.1 Å². The maximum absolute atomic E-state index is 12.7. The molecule has 0 aromatic heterocycles. The molecular weight excluding hydrogens is 318 g/mol. The highest BCUT2D eigenvalue weighted by atomic mass is 32.2. The zero-order valence-electron chi connectivity index (χ0n) is 14.5. The predicted octanol–water partition coefficient (Wildman–Crippen LogP) is -0.274. The van der Waals surface area contributed by atoms with Crippen molar-refractivity contribution < 1.29 is 18.0 Å². The molecular formula is C15H29N3O4S. The van der Waals surface area contributed by atoms with Crippen molar-refractivity contribution >= 4 is 21.7 Å². The number of nitrogens with one attached hydrogen (secondary N) is 1. The van der Waals surface area contributed by atoms with Crippen molar-refractivity contribution in [2.45, 2.75) is 32.7 Å². The summed E-state index contributed by atoms with van der Waals surface area (Å²) in [5.41, 5.74) is 0. The molecule has 134 valence electrons. The summed E-state index contributed by atoms with van der Waals surface area (Å²) in [7, 11) is -1.17. The van der Waals surface area contributed by atoms with Gasteiger partial charge in [0.25, 0.3) is 0 Å². The Labute approximate surface area is 139 Å². The number of likely N-dealkylation sites (N-methyl/N-ethyl adjacent to an activating group) is 1. The number of carbonyl (C=O) groups is 2. The Kier molecular flexibility index (Phi) is 7.47. The van der Waals surface area contributed by atoms with E-state index in [0.29, 0.717) is 19.5 Å². The number of hydrogen-bond acceptors (Lipinski definition) is 5. The minimum Gasteiger partial charge on any atom is -0.344 e. The first kappa shape index (κ1) is 19.9. The summed E-state index contributed by atoms with van der Waals surface area (Å²) in [4.78, 5) is 28.6. The number of amides is 2. The van der Waals surface area contributed by atoms with E-state index in [1.165, 1.54) is 0 Å². The molecule has 1 unspecified atom stereocenters. The van der Waals surface area contributed by atoms with Crippen molar-refractivity contribution in [3.63, 3.8) is 0 Å². The number of piperazine rings is 1. The first-order valence-corrected chi connectivity index (χ1v) is 10.1. The third-order valence-electron chi connectivity index (χ3n) is 3.86.